The molecular weight excluding hydrogens is 942 g/mol. The molecule has 0 saturated carbocycles. The molecular formula is C49H62ClN9O8S2. The van der Waals surface area contributed by atoms with Crippen LogP contribution in [0.15, 0.2) is 59.2 Å². The molecule has 1 saturated heterocycles. The van der Waals surface area contributed by atoms with E-state index in [1.165, 1.54) is 9.81 Å². The molecule has 5 N–H and O–H groups in total. The molecule has 370 valence electrons. The number of aromatic nitrogens is 3. The van der Waals surface area contributed by atoms with E-state index in [9.17, 15) is 24.3 Å². The summed E-state index contributed by atoms with van der Waals surface area (Å²) in [6.45, 7) is 14.9. The van der Waals surface area contributed by atoms with Crippen molar-refractivity contribution in [2.45, 2.75) is 92.1 Å². The fraction of sp³-hybridized carbons (Fsp3) is 0.490. The minimum atomic E-state index is -0.978. The number of ether oxygens (including phenoxy) is 3. The lowest BCUT2D eigenvalue weighted by Gasteiger charge is -2.35. The number of halogens is 1. The molecule has 2 aromatic heterocycles. The van der Waals surface area contributed by atoms with Crippen LogP contribution in [0.1, 0.15) is 90.9 Å². The van der Waals surface area contributed by atoms with Gasteiger partial charge in [-0.15, -0.1) is 33.3 Å². The monoisotopic (exact) mass is 1000 g/mol. The first kappa shape index (κ1) is 51.7. The van der Waals surface area contributed by atoms with Crippen LogP contribution in [0.25, 0.3) is 9.91 Å². The summed E-state index contributed by atoms with van der Waals surface area (Å²) in [4.78, 5) is 62.6. The molecule has 0 bridgehead atoms. The van der Waals surface area contributed by atoms with Gasteiger partial charge in [0.2, 0.25) is 23.6 Å². The Morgan fingerprint density at radius 3 is 2.26 bits per heavy atom. The van der Waals surface area contributed by atoms with Crippen LogP contribution >= 0.6 is 34.7 Å². The van der Waals surface area contributed by atoms with Crippen molar-refractivity contribution < 1.29 is 38.5 Å². The standard InChI is InChI=1S/C49H62ClN9O8S2/c1-28-30(3)69-48-41(28)42(33-12-14-35(50)15-13-33)54-37(45-57-56-31(4)59(45)48)23-39(61)51-16-17-65-18-19-66-20-21-67-26-40(62)55-44(49(5,6)7)47(64)58-25-36(60)22-38(58)46(63)52-24-32-8-10-34(11-9-32)43-29(2)53-27-68-43/h8-15,36-38,44,53,60H,16-27H2,1-7H3,(H,51,61)(H,52,63)(H,55,62)/t36-,37+,38+,44-/m1/s1. The van der Waals surface area contributed by atoms with Crippen LogP contribution in [0, 0.1) is 26.2 Å². The van der Waals surface area contributed by atoms with E-state index in [1.807, 2.05) is 87.7 Å². The van der Waals surface area contributed by atoms with Crippen LogP contribution in [0.3, 0.4) is 0 Å². The maximum Gasteiger partial charge on any atom is 0.246 e. The maximum atomic E-state index is 14.0. The van der Waals surface area contributed by atoms with Crippen LogP contribution in [0.4, 0.5) is 0 Å². The highest BCUT2D eigenvalue weighted by molar-refractivity contribution is 8.08. The zero-order chi connectivity index (χ0) is 49.4. The molecule has 3 aliphatic heterocycles. The number of nitrogens with one attached hydrogen (secondary N) is 4. The minimum Gasteiger partial charge on any atom is -0.391 e. The Balaban J connectivity index is 0.796. The topological polar surface area (TPSA) is 211 Å². The van der Waals surface area contributed by atoms with E-state index in [4.69, 9.17) is 30.8 Å². The second kappa shape index (κ2) is 23.2. The van der Waals surface area contributed by atoms with Gasteiger partial charge in [0.15, 0.2) is 5.82 Å². The molecule has 5 heterocycles. The van der Waals surface area contributed by atoms with Gasteiger partial charge in [-0.2, -0.15) is 0 Å². The summed E-state index contributed by atoms with van der Waals surface area (Å²) in [6.07, 6.45) is -0.723. The van der Waals surface area contributed by atoms with Gasteiger partial charge in [0.25, 0.3) is 0 Å². The fourth-order valence-corrected chi connectivity index (χ4v) is 10.7. The summed E-state index contributed by atoms with van der Waals surface area (Å²) in [5.74, 6) is 0.635. The number of allylic oxidation sites excluding steroid dienone is 1. The van der Waals surface area contributed by atoms with Crippen molar-refractivity contribution >= 4 is 68.9 Å². The van der Waals surface area contributed by atoms with E-state index in [1.54, 1.807) is 23.1 Å². The summed E-state index contributed by atoms with van der Waals surface area (Å²) in [5.41, 5.74) is 6.22. The Morgan fingerprint density at radius 1 is 0.899 bits per heavy atom. The van der Waals surface area contributed by atoms with Gasteiger partial charge in [0.1, 0.15) is 35.6 Å². The van der Waals surface area contributed by atoms with Crippen molar-refractivity contribution in [2.24, 2.45) is 10.4 Å². The maximum absolute atomic E-state index is 14.0. The number of β-amino-alcohol motifs (C(OH)–C–C–N with tert-alkyl or cyclic N) is 1. The number of nitrogens with zero attached hydrogens (tertiary/aromatic N) is 5. The van der Waals surface area contributed by atoms with Crippen molar-refractivity contribution in [3.63, 3.8) is 0 Å². The van der Waals surface area contributed by atoms with Crippen LogP contribution in [-0.2, 0) is 39.9 Å². The Bertz CT molecular complexity index is 2560. The number of benzene rings is 2. The van der Waals surface area contributed by atoms with Crippen molar-refractivity contribution in [3.8, 4) is 5.00 Å². The smallest absolute Gasteiger partial charge is 0.246 e. The molecule has 3 aliphatic rings. The summed E-state index contributed by atoms with van der Waals surface area (Å²) in [6, 6.07) is 13.1. The van der Waals surface area contributed by atoms with Crippen molar-refractivity contribution in [3.05, 3.63) is 104 Å². The lowest BCUT2D eigenvalue weighted by atomic mass is 9.85. The molecule has 17 nitrogen and oxygen atoms in total. The van der Waals surface area contributed by atoms with Gasteiger partial charge in [-0.1, -0.05) is 68.8 Å². The first-order valence-corrected chi connectivity index (χ1v) is 25.3. The number of amides is 4. The normalized spacial score (nSPS) is 18.2. The Kier molecular flexibility index (Phi) is 17.4. The number of fused-ring (bicyclic) bond motifs is 3. The SMILES string of the molecule is CC1=C(c2ccc(CNC(=O)[C@@H]3C[C@@H](O)CN3C(=O)[C@@H](NC(=O)COCCOCCOCCNC(=O)C[C@@H]3N=C(c4ccc(Cl)cc4)c4c(sc(C)c4C)-n4c(C)nnc43)C(C)(C)C)cc2)SCN1. The third kappa shape index (κ3) is 12.8. The number of aliphatic hydroxyl groups is 1. The Labute approximate surface area is 416 Å². The number of thioether (sulfide) groups is 1. The van der Waals surface area contributed by atoms with Gasteiger partial charge in [-0.3, -0.25) is 28.7 Å². The van der Waals surface area contributed by atoms with E-state index in [0.717, 1.165) is 55.0 Å². The molecule has 20 heteroatoms. The van der Waals surface area contributed by atoms with Crippen molar-refractivity contribution in [1.82, 2.24) is 40.9 Å². The van der Waals surface area contributed by atoms with Crippen LogP contribution in [0.2, 0.25) is 5.02 Å². The Hall–Kier alpha value is -5.15. The number of thiophene rings is 1. The molecule has 1 fully saturated rings. The van der Waals surface area contributed by atoms with E-state index < -0.39 is 41.5 Å². The second-order valence-corrected chi connectivity index (χ2v) is 21.0. The third-order valence-electron chi connectivity index (χ3n) is 12.1. The molecule has 69 heavy (non-hydrogen) atoms. The molecule has 0 aliphatic carbocycles. The summed E-state index contributed by atoms with van der Waals surface area (Å²) in [7, 11) is 0. The first-order chi connectivity index (χ1) is 33.0. The molecule has 2 aromatic carbocycles. The van der Waals surface area contributed by atoms with Gasteiger partial charge in [0, 0.05) is 57.7 Å². The average Bonchev–Trinajstić information content (AvgIpc) is 4.08. The van der Waals surface area contributed by atoms with Gasteiger partial charge < -0.3 is 45.5 Å². The molecule has 7 rings (SSSR count). The van der Waals surface area contributed by atoms with Crippen LogP contribution < -0.4 is 21.3 Å². The van der Waals surface area contributed by atoms with Gasteiger partial charge in [-0.05, 0) is 61.9 Å². The number of aliphatic imine (C=N–C) groups is 1. The second-order valence-electron chi connectivity index (χ2n) is 18.3. The van der Waals surface area contributed by atoms with Gasteiger partial charge >= 0.3 is 0 Å². The number of rotatable bonds is 20. The van der Waals surface area contributed by atoms with Gasteiger partial charge in [0.05, 0.1) is 57.1 Å². The highest BCUT2D eigenvalue weighted by Crippen LogP contribution is 2.40. The van der Waals surface area contributed by atoms with Crippen molar-refractivity contribution in [2.75, 3.05) is 58.6 Å². The molecule has 0 radical (unpaired) electrons. The number of likely N-dealkylation sites (tertiary alicyclic amines) is 1. The van der Waals surface area contributed by atoms with Crippen LogP contribution in [-0.4, -0.2) is 131 Å². The average molecular weight is 1000 g/mol. The zero-order valence-corrected chi connectivity index (χ0v) is 42.5. The van der Waals surface area contributed by atoms with E-state index in [0.29, 0.717) is 16.7 Å². The van der Waals surface area contributed by atoms with Gasteiger partial charge in [-0.25, -0.2) is 0 Å². The summed E-state index contributed by atoms with van der Waals surface area (Å²) >= 11 is 9.63. The van der Waals surface area contributed by atoms with Crippen molar-refractivity contribution in [1.29, 1.82) is 0 Å². The molecule has 0 spiro atoms. The first-order valence-electron chi connectivity index (χ1n) is 23.1. The summed E-state index contributed by atoms with van der Waals surface area (Å²) in [5, 5.41) is 33.0. The fourth-order valence-electron chi connectivity index (χ4n) is 8.36. The number of aryl methyl sites for hydroxylation is 2. The minimum absolute atomic E-state index is 0.0222. The number of hydrogen-bond donors (Lipinski definition) is 5. The number of carbonyl (C=O) groups is 4. The lowest BCUT2D eigenvalue weighted by molar-refractivity contribution is -0.144. The molecule has 4 amide bonds. The molecule has 4 atom stereocenters. The van der Waals surface area contributed by atoms with E-state index >= 15 is 0 Å². The largest absolute Gasteiger partial charge is 0.391 e. The van der Waals surface area contributed by atoms with E-state index in [2.05, 4.69) is 45.3 Å². The number of hydrogen-bond acceptors (Lipinski definition) is 14. The summed E-state index contributed by atoms with van der Waals surface area (Å²) < 4.78 is 18.8. The Morgan fingerprint density at radius 2 is 1.58 bits per heavy atom. The predicted molar refractivity (Wildman–Crippen MR) is 267 cm³/mol. The quantitative estimate of drug-likeness (QED) is 0.0729. The lowest BCUT2D eigenvalue weighted by Crippen LogP contribution is -2.58. The molecule has 4 aromatic rings. The zero-order valence-electron chi connectivity index (χ0n) is 40.1. The highest BCUT2D eigenvalue weighted by Gasteiger charge is 2.44. The van der Waals surface area contributed by atoms with Crippen LogP contribution in [0.5, 0.6) is 0 Å². The predicted octanol–water partition coefficient (Wildman–Crippen LogP) is 5.15. The molecule has 0 unspecified atom stereocenters. The van der Waals surface area contributed by atoms with E-state index in [-0.39, 0.29) is 83.9 Å². The third-order valence-corrected chi connectivity index (χ3v) is 14.7. The number of aliphatic hydroxyl groups excluding tert-OH is 1. The number of carbonyl (C=O) groups excluding carboxylic acids is 4. The highest BCUT2D eigenvalue weighted by atomic mass is 35.5.